The normalized spacial score (nSPS) is 14.1. The Kier molecular flexibility index (Phi) is 7.35. The molecule has 2 heterocycles. The van der Waals surface area contributed by atoms with Gasteiger partial charge in [0, 0.05) is 22.6 Å². The molecule has 0 saturated heterocycles. The molecule has 43 heavy (non-hydrogen) atoms. The van der Waals surface area contributed by atoms with Crippen LogP contribution in [0, 0.1) is 25.2 Å². The van der Waals surface area contributed by atoms with Crippen LogP contribution in [0.3, 0.4) is 0 Å². The molecule has 0 saturated carbocycles. The van der Waals surface area contributed by atoms with Gasteiger partial charge in [0.2, 0.25) is 11.6 Å². The third-order valence-corrected chi connectivity index (χ3v) is 7.73. The Morgan fingerprint density at radius 2 is 1.65 bits per heavy atom. The number of nitriles is 1. The number of allylic oxidation sites excluding steroid dienone is 1. The monoisotopic (exact) mass is 570 g/mol. The quantitative estimate of drug-likeness (QED) is 0.158. The fourth-order valence-electron chi connectivity index (χ4n) is 5.29. The summed E-state index contributed by atoms with van der Waals surface area (Å²) in [5.74, 6) is 0.460. The molecule has 0 aliphatic carbocycles. The number of nitrogens with two attached hydrogens (primary N) is 1. The Labute approximate surface area is 249 Å². The number of furan rings is 1. The van der Waals surface area contributed by atoms with Gasteiger partial charge in [0.05, 0.1) is 5.92 Å². The highest BCUT2D eigenvalue weighted by Crippen LogP contribution is 2.44. The van der Waals surface area contributed by atoms with Gasteiger partial charge in [0.15, 0.2) is 0 Å². The minimum absolute atomic E-state index is 0.00281. The van der Waals surface area contributed by atoms with Gasteiger partial charge in [-0.1, -0.05) is 61.0 Å². The number of esters is 1. The average molecular weight is 571 g/mol. The fraction of sp³-hybridized carbons (Fsp3) is 0.167. The highest BCUT2D eigenvalue weighted by Gasteiger charge is 2.31. The molecule has 1 aliphatic rings. The van der Waals surface area contributed by atoms with Gasteiger partial charge in [-0.05, 0) is 67.3 Å². The number of hydrogen-bond donors (Lipinski definition) is 1. The summed E-state index contributed by atoms with van der Waals surface area (Å²) in [6.45, 7) is 6.42. The maximum Gasteiger partial charge on any atom is 0.379 e. The van der Waals surface area contributed by atoms with Gasteiger partial charge in [-0.25, -0.2) is 4.79 Å². The summed E-state index contributed by atoms with van der Waals surface area (Å²) >= 11 is 0. The summed E-state index contributed by atoms with van der Waals surface area (Å²) in [6, 6.07) is 28.9. The first kappa shape index (κ1) is 27.7. The summed E-state index contributed by atoms with van der Waals surface area (Å²) in [5, 5.41) is 10.8. The van der Waals surface area contributed by atoms with Crippen LogP contribution >= 0.6 is 0 Å². The number of fused-ring (bicyclic) bond motifs is 2. The van der Waals surface area contributed by atoms with Crippen LogP contribution in [0.4, 0.5) is 0 Å². The van der Waals surface area contributed by atoms with Gasteiger partial charge in [-0.15, -0.1) is 0 Å². The second-order valence-electron chi connectivity index (χ2n) is 10.6. The molecule has 0 spiro atoms. The van der Waals surface area contributed by atoms with Crippen molar-refractivity contribution in [2.75, 3.05) is 0 Å². The highest BCUT2D eigenvalue weighted by molar-refractivity contribution is 5.97. The third kappa shape index (κ3) is 5.43. The van der Waals surface area contributed by atoms with E-state index in [2.05, 4.69) is 25.1 Å². The highest BCUT2D eigenvalue weighted by atomic mass is 16.5. The van der Waals surface area contributed by atoms with E-state index in [1.807, 2.05) is 68.4 Å². The van der Waals surface area contributed by atoms with Gasteiger partial charge in [0.25, 0.3) is 0 Å². The van der Waals surface area contributed by atoms with E-state index in [0.29, 0.717) is 29.3 Å². The molecule has 5 aromatic rings. The minimum atomic E-state index is -0.610. The maximum atomic E-state index is 13.1. The number of aryl methyl sites for hydroxylation is 3. The number of carbonyl (C=O) groups excluding carboxylic acids is 1. The van der Waals surface area contributed by atoms with Crippen LogP contribution in [-0.2, 0) is 13.0 Å². The molecule has 0 amide bonds. The van der Waals surface area contributed by atoms with Crippen molar-refractivity contribution in [1.82, 2.24) is 0 Å². The number of ether oxygens (including phenoxy) is 3. The largest absolute Gasteiger partial charge is 0.489 e. The zero-order valence-electron chi connectivity index (χ0n) is 24.1. The molecule has 1 unspecified atom stereocenters. The molecule has 0 bridgehead atoms. The molecule has 7 nitrogen and oxygen atoms in total. The molecule has 7 heteroatoms. The second kappa shape index (κ2) is 11.4. The number of rotatable bonds is 7. The van der Waals surface area contributed by atoms with Crippen molar-refractivity contribution in [3.05, 3.63) is 136 Å². The molecular formula is C36H30N2O5. The lowest BCUT2D eigenvalue weighted by Crippen LogP contribution is -2.21. The molecule has 2 N–H and O–H groups in total. The first-order valence-electron chi connectivity index (χ1n) is 14.1. The Morgan fingerprint density at radius 1 is 0.930 bits per heavy atom. The molecule has 4 aromatic carbocycles. The molecule has 0 radical (unpaired) electrons. The second-order valence-corrected chi connectivity index (χ2v) is 10.6. The van der Waals surface area contributed by atoms with Gasteiger partial charge < -0.3 is 24.4 Å². The Hall–Kier alpha value is -5.48. The number of nitrogens with zero attached hydrogens (tertiary/aromatic N) is 1. The van der Waals surface area contributed by atoms with E-state index < -0.39 is 11.9 Å². The first-order chi connectivity index (χ1) is 20.8. The summed E-state index contributed by atoms with van der Waals surface area (Å²) in [5.41, 5.74) is 12.9. The third-order valence-electron chi connectivity index (χ3n) is 7.73. The van der Waals surface area contributed by atoms with Crippen LogP contribution in [0.1, 0.15) is 56.8 Å². The average Bonchev–Trinajstić information content (AvgIpc) is 3.35. The molecule has 1 aliphatic heterocycles. The molecule has 1 aromatic heterocycles. The number of hydrogen-bond acceptors (Lipinski definition) is 7. The van der Waals surface area contributed by atoms with Crippen molar-refractivity contribution in [1.29, 1.82) is 5.26 Å². The van der Waals surface area contributed by atoms with Crippen LogP contribution in [0.15, 0.2) is 101 Å². The maximum absolute atomic E-state index is 13.1. The molecule has 1 atom stereocenters. The van der Waals surface area contributed by atoms with Crippen molar-refractivity contribution in [3.8, 4) is 23.3 Å². The predicted octanol–water partition coefficient (Wildman–Crippen LogP) is 7.63. The SMILES string of the molecule is CCc1ccc2oc(C(=O)Oc3ccc4c(c3)OC(N)=C(C#N)C4c3ccc(OCc4ccc(C)cc4)cc3)c(C)c2c1. The summed E-state index contributed by atoms with van der Waals surface area (Å²) < 4.78 is 23.3. The van der Waals surface area contributed by atoms with Crippen LogP contribution in [0.2, 0.25) is 0 Å². The first-order valence-corrected chi connectivity index (χ1v) is 14.1. The van der Waals surface area contributed by atoms with Crippen molar-refractivity contribution in [2.24, 2.45) is 5.73 Å². The lowest BCUT2D eigenvalue weighted by molar-refractivity contribution is 0.0702. The van der Waals surface area contributed by atoms with E-state index in [1.54, 1.807) is 18.2 Å². The Balaban J connectivity index is 1.23. The number of benzene rings is 4. The van der Waals surface area contributed by atoms with Gasteiger partial charge in [-0.2, -0.15) is 5.26 Å². The lowest BCUT2D eigenvalue weighted by atomic mass is 9.83. The zero-order valence-corrected chi connectivity index (χ0v) is 24.1. The van der Waals surface area contributed by atoms with Gasteiger partial charge >= 0.3 is 5.97 Å². The molecule has 214 valence electrons. The number of carbonyl (C=O) groups is 1. The van der Waals surface area contributed by atoms with E-state index in [1.165, 1.54) is 5.56 Å². The van der Waals surface area contributed by atoms with Crippen molar-refractivity contribution < 1.29 is 23.4 Å². The van der Waals surface area contributed by atoms with E-state index in [9.17, 15) is 10.1 Å². The van der Waals surface area contributed by atoms with Gasteiger partial charge in [-0.3, -0.25) is 0 Å². The summed E-state index contributed by atoms with van der Waals surface area (Å²) in [6.07, 6.45) is 0.882. The van der Waals surface area contributed by atoms with Crippen molar-refractivity contribution in [3.63, 3.8) is 0 Å². The fourth-order valence-corrected chi connectivity index (χ4v) is 5.29. The molecular weight excluding hydrogens is 540 g/mol. The van der Waals surface area contributed by atoms with Crippen LogP contribution in [-0.4, -0.2) is 5.97 Å². The van der Waals surface area contributed by atoms with E-state index in [4.69, 9.17) is 24.4 Å². The van der Waals surface area contributed by atoms with Gasteiger partial charge in [0.1, 0.15) is 41.1 Å². The zero-order chi connectivity index (χ0) is 30.1. The Morgan fingerprint density at radius 3 is 2.37 bits per heavy atom. The Bertz CT molecular complexity index is 1910. The van der Waals surface area contributed by atoms with Crippen molar-refractivity contribution in [2.45, 2.75) is 39.7 Å². The standard InChI is InChI=1S/C36H30N2O5/c1-4-23-9-16-31-29(17-23)22(3)34(42-31)36(39)41-27-14-15-28-32(18-27)43-35(38)30(19-37)33(28)25-10-12-26(13-11-25)40-20-24-7-5-21(2)6-8-24/h5-18,33H,4,20,38H2,1-3H3. The van der Waals surface area contributed by atoms with E-state index in [0.717, 1.165) is 39.6 Å². The van der Waals surface area contributed by atoms with E-state index in [-0.39, 0.29) is 17.4 Å². The minimum Gasteiger partial charge on any atom is -0.489 e. The summed E-state index contributed by atoms with van der Waals surface area (Å²) in [4.78, 5) is 13.1. The summed E-state index contributed by atoms with van der Waals surface area (Å²) in [7, 11) is 0. The lowest BCUT2D eigenvalue weighted by Gasteiger charge is -2.26. The molecule has 0 fully saturated rings. The topological polar surface area (TPSA) is 108 Å². The van der Waals surface area contributed by atoms with Crippen LogP contribution < -0.4 is 19.9 Å². The smallest absolute Gasteiger partial charge is 0.379 e. The molecule has 6 rings (SSSR count). The van der Waals surface area contributed by atoms with Crippen LogP contribution in [0.25, 0.3) is 11.0 Å². The van der Waals surface area contributed by atoms with Crippen molar-refractivity contribution >= 4 is 16.9 Å². The van der Waals surface area contributed by atoms with Crippen LogP contribution in [0.5, 0.6) is 17.2 Å². The predicted molar refractivity (Wildman–Crippen MR) is 163 cm³/mol. The van der Waals surface area contributed by atoms with E-state index >= 15 is 0 Å².